The summed E-state index contributed by atoms with van der Waals surface area (Å²) in [4.78, 5) is 0. The number of halogens is 1. The molecule has 1 rings (SSSR count). The third-order valence-corrected chi connectivity index (χ3v) is 3.72. The molecule has 0 unspecified atom stereocenters. The maximum atomic E-state index is 5.05. The van der Waals surface area contributed by atoms with Gasteiger partial charge < -0.3 is 4.74 Å². The van der Waals surface area contributed by atoms with E-state index in [4.69, 9.17) is 4.74 Å². The molecule has 1 aliphatic carbocycles. The van der Waals surface area contributed by atoms with Crippen LogP contribution in [0.4, 0.5) is 0 Å². The van der Waals surface area contributed by atoms with Gasteiger partial charge in [0, 0.05) is 19.0 Å². The predicted molar refractivity (Wildman–Crippen MR) is 46.6 cm³/mol. The van der Waals surface area contributed by atoms with E-state index in [9.17, 15) is 0 Å². The van der Waals surface area contributed by atoms with Crippen LogP contribution in [0.2, 0.25) is 0 Å². The van der Waals surface area contributed by atoms with Gasteiger partial charge in [0.15, 0.2) is 0 Å². The largest absolute Gasteiger partial charge is 0.385 e. The Kier molecular flexibility index (Phi) is 3.18. The van der Waals surface area contributed by atoms with Crippen LogP contribution in [0.1, 0.15) is 25.7 Å². The van der Waals surface area contributed by atoms with E-state index in [0.29, 0.717) is 5.41 Å². The monoisotopic (exact) mass is 206 g/mol. The summed E-state index contributed by atoms with van der Waals surface area (Å²) in [5.74, 6) is 0. The second kappa shape index (κ2) is 3.72. The Bertz CT molecular complexity index is 93.9. The standard InChI is InChI=1S/C8H15BrO/c1-10-6-5-8(7-9)3-2-4-8/h2-7H2,1H3. The second-order valence-corrected chi connectivity index (χ2v) is 3.79. The summed E-state index contributed by atoms with van der Waals surface area (Å²) >= 11 is 3.56. The van der Waals surface area contributed by atoms with E-state index >= 15 is 0 Å². The first-order valence-electron chi connectivity index (χ1n) is 3.88. The Labute approximate surface area is 71.3 Å². The van der Waals surface area contributed by atoms with E-state index in [2.05, 4.69) is 15.9 Å². The minimum Gasteiger partial charge on any atom is -0.385 e. The SMILES string of the molecule is COCCC1(CBr)CCC1. The summed E-state index contributed by atoms with van der Waals surface area (Å²) in [6, 6.07) is 0. The highest BCUT2D eigenvalue weighted by atomic mass is 79.9. The van der Waals surface area contributed by atoms with Crippen molar-refractivity contribution in [3.05, 3.63) is 0 Å². The zero-order chi connectivity index (χ0) is 7.45. The molecule has 0 saturated heterocycles. The number of rotatable bonds is 4. The van der Waals surface area contributed by atoms with Crippen LogP contribution < -0.4 is 0 Å². The van der Waals surface area contributed by atoms with Crippen LogP contribution in [0.15, 0.2) is 0 Å². The highest BCUT2D eigenvalue weighted by Gasteiger charge is 2.34. The normalized spacial score (nSPS) is 22.2. The van der Waals surface area contributed by atoms with Gasteiger partial charge in [-0.15, -0.1) is 0 Å². The number of ether oxygens (including phenoxy) is 1. The Morgan fingerprint density at radius 3 is 2.50 bits per heavy atom. The van der Waals surface area contributed by atoms with Crippen LogP contribution in [-0.2, 0) is 4.74 Å². The molecule has 0 aliphatic heterocycles. The fourth-order valence-corrected chi connectivity index (χ4v) is 2.29. The van der Waals surface area contributed by atoms with Crippen LogP contribution >= 0.6 is 15.9 Å². The van der Waals surface area contributed by atoms with Crippen LogP contribution in [0.3, 0.4) is 0 Å². The average molecular weight is 207 g/mol. The summed E-state index contributed by atoms with van der Waals surface area (Å²) in [6.45, 7) is 0.922. The van der Waals surface area contributed by atoms with Crippen molar-refractivity contribution in [1.29, 1.82) is 0 Å². The van der Waals surface area contributed by atoms with Crippen molar-refractivity contribution in [2.24, 2.45) is 5.41 Å². The third kappa shape index (κ3) is 1.73. The van der Waals surface area contributed by atoms with Gasteiger partial charge in [0.1, 0.15) is 0 Å². The van der Waals surface area contributed by atoms with Crippen molar-refractivity contribution >= 4 is 15.9 Å². The molecule has 0 N–H and O–H groups in total. The van der Waals surface area contributed by atoms with Crippen LogP contribution in [0, 0.1) is 5.41 Å². The van der Waals surface area contributed by atoms with E-state index in [0.717, 1.165) is 11.9 Å². The molecule has 0 amide bonds. The smallest absolute Gasteiger partial charge is 0.0467 e. The molecule has 0 bridgehead atoms. The van der Waals surface area contributed by atoms with Gasteiger partial charge in [-0.25, -0.2) is 0 Å². The Balaban J connectivity index is 2.20. The Morgan fingerprint density at radius 2 is 2.20 bits per heavy atom. The molecule has 10 heavy (non-hydrogen) atoms. The molecular weight excluding hydrogens is 192 g/mol. The summed E-state index contributed by atoms with van der Waals surface area (Å²) in [5.41, 5.74) is 0.607. The number of alkyl halides is 1. The molecule has 0 spiro atoms. The lowest BCUT2D eigenvalue weighted by molar-refractivity contribution is 0.0919. The van der Waals surface area contributed by atoms with E-state index < -0.39 is 0 Å². The van der Waals surface area contributed by atoms with Crippen molar-refractivity contribution in [3.8, 4) is 0 Å². The molecule has 0 heterocycles. The lowest BCUT2D eigenvalue weighted by Crippen LogP contribution is -2.32. The molecule has 2 heteroatoms. The minimum absolute atomic E-state index is 0.607. The quantitative estimate of drug-likeness (QED) is 0.644. The first-order valence-corrected chi connectivity index (χ1v) is 5.00. The molecule has 1 nitrogen and oxygen atoms in total. The van der Waals surface area contributed by atoms with Gasteiger partial charge >= 0.3 is 0 Å². The summed E-state index contributed by atoms with van der Waals surface area (Å²) in [5, 5.41) is 1.16. The van der Waals surface area contributed by atoms with Gasteiger partial charge in [-0.2, -0.15) is 0 Å². The lowest BCUT2D eigenvalue weighted by Gasteiger charge is -2.40. The molecular formula is C8H15BrO. The van der Waals surface area contributed by atoms with E-state index in [-0.39, 0.29) is 0 Å². The summed E-state index contributed by atoms with van der Waals surface area (Å²) < 4.78 is 5.05. The van der Waals surface area contributed by atoms with Gasteiger partial charge in [0.25, 0.3) is 0 Å². The maximum absolute atomic E-state index is 5.05. The van der Waals surface area contributed by atoms with Crippen molar-refractivity contribution in [2.75, 3.05) is 19.0 Å². The van der Waals surface area contributed by atoms with E-state index in [1.807, 2.05) is 0 Å². The lowest BCUT2D eigenvalue weighted by atomic mass is 9.68. The summed E-state index contributed by atoms with van der Waals surface area (Å²) in [6.07, 6.45) is 5.42. The van der Waals surface area contributed by atoms with E-state index in [1.165, 1.54) is 25.7 Å². The van der Waals surface area contributed by atoms with Gasteiger partial charge in [-0.3, -0.25) is 0 Å². The summed E-state index contributed by atoms with van der Waals surface area (Å²) in [7, 11) is 1.78. The number of hydrogen-bond acceptors (Lipinski definition) is 1. The average Bonchev–Trinajstić information content (AvgIpc) is 1.87. The molecule has 0 aromatic carbocycles. The minimum atomic E-state index is 0.607. The number of hydrogen-bond donors (Lipinski definition) is 0. The predicted octanol–water partition coefficient (Wildman–Crippen LogP) is 2.59. The maximum Gasteiger partial charge on any atom is 0.0467 e. The fraction of sp³-hybridized carbons (Fsp3) is 1.00. The second-order valence-electron chi connectivity index (χ2n) is 3.23. The zero-order valence-corrected chi connectivity index (χ0v) is 8.11. The van der Waals surface area contributed by atoms with Crippen LogP contribution in [-0.4, -0.2) is 19.0 Å². The molecule has 0 radical (unpaired) electrons. The van der Waals surface area contributed by atoms with Gasteiger partial charge in [-0.05, 0) is 24.7 Å². The van der Waals surface area contributed by atoms with Gasteiger partial charge in [0.2, 0.25) is 0 Å². The molecule has 0 aromatic heterocycles. The van der Waals surface area contributed by atoms with Crippen molar-refractivity contribution < 1.29 is 4.74 Å². The molecule has 0 atom stereocenters. The van der Waals surface area contributed by atoms with Crippen LogP contribution in [0.25, 0.3) is 0 Å². The van der Waals surface area contributed by atoms with E-state index in [1.54, 1.807) is 7.11 Å². The van der Waals surface area contributed by atoms with Gasteiger partial charge in [0.05, 0.1) is 0 Å². The first kappa shape index (κ1) is 8.54. The topological polar surface area (TPSA) is 9.23 Å². The molecule has 1 saturated carbocycles. The van der Waals surface area contributed by atoms with Crippen molar-refractivity contribution in [2.45, 2.75) is 25.7 Å². The van der Waals surface area contributed by atoms with Gasteiger partial charge in [-0.1, -0.05) is 22.4 Å². The van der Waals surface area contributed by atoms with Crippen molar-refractivity contribution in [3.63, 3.8) is 0 Å². The van der Waals surface area contributed by atoms with Crippen LogP contribution in [0.5, 0.6) is 0 Å². The third-order valence-electron chi connectivity index (χ3n) is 2.53. The Hall–Kier alpha value is 0.440. The highest BCUT2D eigenvalue weighted by Crippen LogP contribution is 2.45. The highest BCUT2D eigenvalue weighted by molar-refractivity contribution is 9.09. The molecule has 60 valence electrons. The molecule has 0 aromatic rings. The molecule has 1 fully saturated rings. The first-order chi connectivity index (χ1) is 4.83. The zero-order valence-electron chi connectivity index (χ0n) is 6.53. The fourth-order valence-electron chi connectivity index (χ4n) is 1.45. The Morgan fingerprint density at radius 1 is 1.50 bits per heavy atom. The van der Waals surface area contributed by atoms with Crippen molar-refractivity contribution in [1.82, 2.24) is 0 Å². The molecule has 1 aliphatic rings. The number of methoxy groups -OCH3 is 1.